The number of benzene rings is 2. The van der Waals surface area contributed by atoms with Crippen LogP contribution in [-0.2, 0) is 14.3 Å². The second-order valence-electron chi connectivity index (χ2n) is 7.39. The summed E-state index contributed by atoms with van der Waals surface area (Å²) in [5, 5.41) is 3.29. The molecule has 0 spiro atoms. The molecule has 0 saturated carbocycles. The van der Waals surface area contributed by atoms with Gasteiger partial charge in [-0.1, -0.05) is 25.1 Å². The molecule has 0 aliphatic carbocycles. The summed E-state index contributed by atoms with van der Waals surface area (Å²) >= 11 is 0. The molecule has 0 saturated heterocycles. The van der Waals surface area contributed by atoms with E-state index in [1.54, 1.807) is 43.5 Å². The lowest BCUT2D eigenvalue weighted by Gasteiger charge is -2.21. The number of amides is 2. The number of ether oxygens (including phenoxy) is 1. The van der Waals surface area contributed by atoms with Crippen molar-refractivity contribution in [2.45, 2.75) is 13.3 Å². The molecule has 4 aromatic rings. The quantitative estimate of drug-likeness (QED) is 0.385. The molecule has 34 heavy (non-hydrogen) atoms. The second-order valence-corrected chi connectivity index (χ2v) is 7.39. The number of halogens is 1. The highest BCUT2D eigenvalue weighted by Gasteiger charge is 2.21. The van der Waals surface area contributed by atoms with E-state index in [0.717, 1.165) is 11.1 Å². The van der Waals surface area contributed by atoms with Crippen molar-refractivity contribution in [1.29, 1.82) is 0 Å². The van der Waals surface area contributed by atoms with Crippen LogP contribution in [0.15, 0.2) is 67.0 Å². The van der Waals surface area contributed by atoms with Gasteiger partial charge in [0.25, 0.3) is 5.91 Å². The molecule has 2 N–H and O–H groups in total. The highest BCUT2D eigenvalue weighted by molar-refractivity contribution is 6.40. The van der Waals surface area contributed by atoms with E-state index in [-0.39, 0.29) is 12.1 Å². The van der Waals surface area contributed by atoms with E-state index in [4.69, 9.17) is 4.74 Å². The van der Waals surface area contributed by atoms with Gasteiger partial charge in [-0.05, 0) is 42.0 Å². The molecule has 0 aliphatic rings. The van der Waals surface area contributed by atoms with Crippen LogP contribution in [0.5, 0.6) is 0 Å². The molecule has 2 aromatic heterocycles. The van der Waals surface area contributed by atoms with Crippen molar-refractivity contribution in [2.24, 2.45) is 0 Å². The number of hydrogen-bond donors (Lipinski definition) is 2. The van der Waals surface area contributed by atoms with Crippen molar-refractivity contribution in [3.63, 3.8) is 0 Å². The summed E-state index contributed by atoms with van der Waals surface area (Å²) in [5.74, 6) is -1.68. The number of carbonyl (C=O) groups is 3. The van der Waals surface area contributed by atoms with Crippen molar-refractivity contribution in [2.75, 3.05) is 17.3 Å². The highest BCUT2D eigenvalue weighted by Crippen LogP contribution is 2.34. The molecular weight excluding hydrogens is 439 g/mol. The standard InChI is InChI=1S/C25H21FN4O4/c1-3-22(31)24(32)29-17-8-4-6-15(10-17)21-14-28-23-20(21)12-19(13-27-23)30(25(33)34-2)18-9-5-7-16(26)11-18/h4-14H,3H2,1-2H3,(H,27,28)(H,29,32). The Kier molecular flexibility index (Phi) is 6.35. The van der Waals surface area contributed by atoms with Crippen LogP contribution in [0, 0.1) is 5.82 Å². The maximum Gasteiger partial charge on any atom is 0.418 e. The minimum absolute atomic E-state index is 0.116. The van der Waals surface area contributed by atoms with Crippen LogP contribution < -0.4 is 10.2 Å². The van der Waals surface area contributed by atoms with Crippen LogP contribution in [0.4, 0.5) is 26.2 Å². The number of nitrogens with one attached hydrogen (secondary N) is 2. The van der Waals surface area contributed by atoms with E-state index in [1.807, 2.05) is 6.07 Å². The van der Waals surface area contributed by atoms with Crippen molar-refractivity contribution in [3.05, 3.63) is 72.8 Å². The predicted octanol–water partition coefficient (Wildman–Crippen LogP) is 5.19. The zero-order chi connectivity index (χ0) is 24.2. The maximum atomic E-state index is 13.8. The Bertz CT molecular complexity index is 1400. The molecule has 2 amide bonds. The average molecular weight is 460 g/mol. The van der Waals surface area contributed by atoms with Gasteiger partial charge in [-0.2, -0.15) is 0 Å². The van der Waals surface area contributed by atoms with Crippen LogP contribution >= 0.6 is 0 Å². The van der Waals surface area contributed by atoms with Gasteiger partial charge in [0.15, 0.2) is 0 Å². The number of aromatic amines is 1. The lowest BCUT2D eigenvalue weighted by molar-refractivity contribution is -0.134. The number of nitrogens with zero attached hydrogens (tertiary/aromatic N) is 2. The molecule has 4 rings (SSSR count). The van der Waals surface area contributed by atoms with Crippen molar-refractivity contribution >= 4 is 45.9 Å². The molecule has 0 radical (unpaired) electrons. The monoisotopic (exact) mass is 460 g/mol. The molecule has 172 valence electrons. The Morgan fingerprint density at radius 3 is 2.62 bits per heavy atom. The molecule has 0 unspecified atom stereocenters. The molecule has 0 aliphatic heterocycles. The molecule has 2 aromatic carbocycles. The van der Waals surface area contributed by atoms with Gasteiger partial charge in [0, 0.05) is 29.3 Å². The first kappa shape index (κ1) is 22.7. The number of ketones is 1. The van der Waals surface area contributed by atoms with Crippen LogP contribution in [0.3, 0.4) is 0 Å². The first-order valence-corrected chi connectivity index (χ1v) is 10.5. The number of fused-ring (bicyclic) bond motifs is 1. The van der Waals surface area contributed by atoms with Gasteiger partial charge in [0.2, 0.25) is 5.78 Å². The average Bonchev–Trinajstić information content (AvgIpc) is 3.27. The predicted molar refractivity (Wildman–Crippen MR) is 126 cm³/mol. The molecule has 0 atom stereocenters. The molecule has 0 bridgehead atoms. The number of anilines is 3. The van der Waals surface area contributed by atoms with E-state index in [1.165, 1.54) is 36.4 Å². The number of Topliss-reactive ketones (excluding diaryl/α,β-unsaturated/α-hetero) is 1. The van der Waals surface area contributed by atoms with E-state index in [9.17, 15) is 18.8 Å². The van der Waals surface area contributed by atoms with Gasteiger partial charge in [0.05, 0.1) is 24.7 Å². The fourth-order valence-electron chi connectivity index (χ4n) is 3.55. The summed E-state index contributed by atoms with van der Waals surface area (Å²) in [7, 11) is 1.24. The number of hydrogen-bond acceptors (Lipinski definition) is 5. The molecule has 2 heterocycles. The smallest absolute Gasteiger partial charge is 0.418 e. The van der Waals surface area contributed by atoms with Crippen molar-refractivity contribution in [3.8, 4) is 11.1 Å². The Morgan fingerprint density at radius 2 is 1.88 bits per heavy atom. The van der Waals surface area contributed by atoms with E-state index >= 15 is 0 Å². The van der Waals surface area contributed by atoms with Crippen molar-refractivity contribution < 1.29 is 23.5 Å². The zero-order valence-corrected chi connectivity index (χ0v) is 18.5. The maximum absolute atomic E-state index is 13.8. The van der Waals surface area contributed by atoms with Gasteiger partial charge in [-0.15, -0.1) is 0 Å². The minimum atomic E-state index is -0.700. The summed E-state index contributed by atoms with van der Waals surface area (Å²) in [6.45, 7) is 1.62. The van der Waals surface area contributed by atoms with E-state index in [0.29, 0.717) is 22.4 Å². The van der Waals surface area contributed by atoms with Gasteiger partial charge in [0.1, 0.15) is 11.5 Å². The summed E-state index contributed by atoms with van der Waals surface area (Å²) in [6, 6.07) is 14.4. The van der Waals surface area contributed by atoms with E-state index in [2.05, 4.69) is 15.3 Å². The van der Waals surface area contributed by atoms with E-state index < -0.39 is 23.6 Å². The minimum Gasteiger partial charge on any atom is -0.452 e. The number of methoxy groups -OCH3 is 1. The molecule has 8 nitrogen and oxygen atoms in total. The number of carbonyl (C=O) groups excluding carboxylic acids is 3. The summed E-state index contributed by atoms with van der Waals surface area (Å²) < 4.78 is 18.8. The Hall–Kier alpha value is -4.53. The Balaban J connectivity index is 1.76. The van der Waals surface area contributed by atoms with Crippen molar-refractivity contribution in [1.82, 2.24) is 9.97 Å². The summed E-state index contributed by atoms with van der Waals surface area (Å²) in [5.41, 5.74) is 3.21. The largest absolute Gasteiger partial charge is 0.452 e. The number of pyridine rings is 1. The summed E-state index contributed by atoms with van der Waals surface area (Å²) in [6.07, 6.45) is 2.65. The molecule has 9 heteroatoms. The van der Waals surface area contributed by atoms with Crippen LogP contribution in [-0.4, -0.2) is 34.9 Å². The number of H-pyrrole nitrogens is 1. The number of rotatable bonds is 6. The van der Waals surface area contributed by atoms with Crippen LogP contribution in [0.25, 0.3) is 22.2 Å². The first-order chi connectivity index (χ1) is 16.4. The topological polar surface area (TPSA) is 104 Å². The summed E-state index contributed by atoms with van der Waals surface area (Å²) in [4.78, 5) is 44.9. The third-order valence-electron chi connectivity index (χ3n) is 5.20. The zero-order valence-electron chi connectivity index (χ0n) is 18.5. The van der Waals surface area contributed by atoms with Crippen LogP contribution in [0.1, 0.15) is 13.3 Å². The Morgan fingerprint density at radius 1 is 1.09 bits per heavy atom. The SMILES string of the molecule is CCC(=O)C(=O)Nc1cccc(-c2c[nH]c3ncc(N(C(=O)OC)c4cccc(F)c4)cc23)c1. The fraction of sp³-hybridized carbons (Fsp3) is 0.120. The first-order valence-electron chi connectivity index (χ1n) is 10.5. The van der Waals surface area contributed by atoms with Gasteiger partial charge in [-0.3, -0.25) is 9.59 Å². The number of aromatic nitrogens is 2. The molecular formula is C25H21FN4O4. The van der Waals surface area contributed by atoms with Gasteiger partial charge >= 0.3 is 6.09 Å². The molecule has 0 fully saturated rings. The Labute approximate surface area is 194 Å². The lowest BCUT2D eigenvalue weighted by atomic mass is 10.0. The lowest BCUT2D eigenvalue weighted by Crippen LogP contribution is -2.25. The third kappa shape index (κ3) is 4.49. The van der Waals surface area contributed by atoms with Crippen LogP contribution in [0.2, 0.25) is 0 Å². The normalized spacial score (nSPS) is 10.7. The van der Waals surface area contributed by atoms with Gasteiger partial charge < -0.3 is 15.0 Å². The second kappa shape index (κ2) is 9.53. The fourth-order valence-corrected chi connectivity index (χ4v) is 3.55. The van der Waals surface area contributed by atoms with Gasteiger partial charge in [-0.25, -0.2) is 19.1 Å². The highest BCUT2D eigenvalue weighted by atomic mass is 19.1. The third-order valence-corrected chi connectivity index (χ3v) is 5.20.